The molecule has 2 nitrogen and oxygen atoms in total. The Morgan fingerprint density at radius 2 is 1.92 bits per heavy atom. The molecule has 0 radical (unpaired) electrons. The number of phenols is 2. The van der Waals surface area contributed by atoms with Crippen LogP contribution in [0.15, 0.2) is 18.7 Å². The first-order valence-electron chi connectivity index (χ1n) is 4.27. The summed E-state index contributed by atoms with van der Waals surface area (Å²) in [6.07, 6.45) is 0.742. The summed E-state index contributed by atoms with van der Waals surface area (Å²) in [6, 6.07) is 3.13. The smallest absolute Gasteiger partial charge is 0.126 e. The van der Waals surface area contributed by atoms with Gasteiger partial charge in [-0.2, -0.15) is 0 Å². The van der Waals surface area contributed by atoms with Crippen molar-refractivity contribution in [1.29, 1.82) is 0 Å². The Hall–Kier alpha value is -1.44. The minimum atomic E-state index is 0.0854. The average molecular weight is 178 g/mol. The van der Waals surface area contributed by atoms with E-state index in [0.29, 0.717) is 5.56 Å². The van der Waals surface area contributed by atoms with Gasteiger partial charge >= 0.3 is 0 Å². The summed E-state index contributed by atoms with van der Waals surface area (Å²) in [5.74, 6) is 0.229. The lowest BCUT2D eigenvalue weighted by Gasteiger charge is -2.08. The van der Waals surface area contributed by atoms with Crippen molar-refractivity contribution >= 4 is 5.57 Å². The lowest BCUT2D eigenvalue weighted by molar-refractivity contribution is 0.445. The van der Waals surface area contributed by atoms with Gasteiger partial charge in [-0.05, 0) is 30.5 Å². The fourth-order valence-electron chi connectivity index (χ4n) is 1.25. The normalized spacial score (nSPS) is 10.0. The van der Waals surface area contributed by atoms with Crippen molar-refractivity contribution in [2.45, 2.75) is 20.3 Å². The number of hydrogen-bond donors (Lipinski definition) is 2. The standard InChI is InChI=1S/C11H14O2/c1-4-8-5-9(7(2)3)11(13)6-10(8)12/h5-6,12-13H,2,4H2,1,3H3. The Bertz CT molecular complexity index is 340. The summed E-state index contributed by atoms with van der Waals surface area (Å²) in [5.41, 5.74) is 2.33. The first kappa shape index (κ1) is 9.65. The molecule has 1 aromatic carbocycles. The van der Waals surface area contributed by atoms with Crippen LogP contribution in [-0.2, 0) is 6.42 Å². The summed E-state index contributed by atoms with van der Waals surface area (Å²) in [6.45, 7) is 7.53. The molecule has 0 aliphatic heterocycles. The molecule has 0 aliphatic carbocycles. The molecule has 0 bridgehead atoms. The van der Waals surface area contributed by atoms with E-state index in [1.807, 2.05) is 13.8 Å². The van der Waals surface area contributed by atoms with Crippen LogP contribution in [0.1, 0.15) is 25.0 Å². The van der Waals surface area contributed by atoms with Gasteiger partial charge in [0.2, 0.25) is 0 Å². The van der Waals surface area contributed by atoms with Crippen molar-refractivity contribution in [3.05, 3.63) is 29.8 Å². The quantitative estimate of drug-likeness (QED) is 0.731. The molecule has 0 saturated carbocycles. The Kier molecular flexibility index (Phi) is 2.61. The Balaban J connectivity index is 3.30. The molecule has 2 heteroatoms. The molecule has 0 spiro atoms. The van der Waals surface area contributed by atoms with Crippen molar-refractivity contribution < 1.29 is 10.2 Å². The van der Waals surface area contributed by atoms with E-state index >= 15 is 0 Å². The lowest BCUT2D eigenvalue weighted by Crippen LogP contribution is -1.86. The first-order chi connectivity index (χ1) is 6.06. The molecule has 0 aliphatic rings. The van der Waals surface area contributed by atoms with Gasteiger partial charge in [0.15, 0.2) is 0 Å². The largest absolute Gasteiger partial charge is 0.508 e. The summed E-state index contributed by atoms with van der Waals surface area (Å²) >= 11 is 0. The van der Waals surface area contributed by atoms with Gasteiger partial charge in [-0.25, -0.2) is 0 Å². The first-order valence-corrected chi connectivity index (χ1v) is 4.27. The zero-order valence-electron chi connectivity index (χ0n) is 7.96. The van der Waals surface area contributed by atoms with Crippen LogP contribution in [0.4, 0.5) is 0 Å². The molecule has 0 amide bonds. The van der Waals surface area contributed by atoms with Crippen LogP contribution in [0.2, 0.25) is 0 Å². The SMILES string of the molecule is C=C(C)c1cc(CC)c(O)cc1O. The topological polar surface area (TPSA) is 40.5 Å². The maximum absolute atomic E-state index is 9.46. The minimum absolute atomic E-state index is 0.0854. The fourth-order valence-corrected chi connectivity index (χ4v) is 1.25. The van der Waals surface area contributed by atoms with Crippen molar-refractivity contribution in [1.82, 2.24) is 0 Å². The monoisotopic (exact) mass is 178 g/mol. The molecular formula is C11H14O2. The highest BCUT2D eigenvalue weighted by Gasteiger charge is 2.07. The summed E-state index contributed by atoms with van der Waals surface area (Å²) in [7, 11) is 0. The molecule has 0 saturated heterocycles. The van der Waals surface area contributed by atoms with Crippen molar-refractivity contribution in [2.24, 2.45) is 0 Å². The van der Waals surface area contributed by atoms with Crippen LogP contribution in [-0.4, -0.2) is 10.2 Å². The summed E-state index contributed by atoms with van der Waals surface area (Å²) < 4.78 is 0. The highest BCUT2D eigenvalue weighted by Crippen LogP contribution is 2.31. The van der Waals surface area contributed by atoms with Crippen LogP contribution in [0, 0.1) is 0 Å². The van der Waals surface area contributed by atoms with Gasteiger partial charge in [-0.1, -0.05) is 13.5 Å². The zero-order chi connectivity index (χ0) is 10.0. The van der Waals surface area contributed by atoms with E-state index in [-0.39, 0.29) is 11.5 Å². The lowest BCUT2D eigenvalue weighted by atomic mass is 10.0. The number of aromatic hydroxyl groups is 2. The number of aryl methyl sites for hydroxylation is 1. The predicted molar refractivity (Wildman–Crippen MR) is 53.9 cm³/mol. The number of rotatable bonds is 2. The summed E-state index contributed by atoms with van der Waals surface area (Å²) in [4.78, 5) is 0. The molecule has 0 heterocycles. The number of benzene rings is 1. The predicted octanol–water partition coefficient (Wildman–Crippen LogP) is 2.69. The summed E-state index contributed by atoms with van der Waals surface area (Å²) in [5, 5.41) is 18.9. The van der Waals surface area contributed by atoms with Gasteiger partial charge in [-0.15, -0.1) is 0 Å². The Morgan fingerprint density at radius 1 is 1.31 bits per heavy atom. The molecular weight excluding hydrogens is 164 g/mol. The van der Waals surface area contributed by atoms with Gasteiger partial charge < -0.3 is 10.2 Å². The Morgan fingerprint density at radius 3 is 2.38 bits per heavy atom. The van der Waals surface area contributed by atoms with Gasteiger partial charge in [0.05, 0.1) is 0 Å². The highest BCUT2D eigenvalue weighted by molar-refractivity contribution is 5.69. The van der Waals surface area contributed by atoms with Gasteiger partial charge in [0.25, 0.3) is 0 Å². The number of allylic oxidation sites excluding steroid dienone is 1. The second kappa shape index (κ2) is 3.52. The van der Waals surface area contributed by atoms with Gasteiger partial charge in [0.1, 0.15) is 11.5 Å². The molecule has 1 rings (SSSR count). The molecule has 0 aromatic heterocycles. The maximum Gasteiger partial charge on any atom is 0.126 e. The van der Waals surface area contributed by atoms with E-state index in [1.165, 1.54) is 6.07 Å². The van der Waals surface area contributed by atoms with Gasteiger partial charge in [-0.3, -0.25) is 0 Å². The second-order valence-corrected chi connectivity index (χ2v) is 3.13. The zero-order valence-corrected chi connectivity index (χ0v) is 7.96. The van der Waals surface area contributed by atoms with E-state index in [1.54, 1.807) is 6.07 Å². The minimum Gasteiger partial charge on any atom is -0.508 e. The van der Waals surface area contributed by atoms with Crippen LogP contribution >= 0.6 is 0 Å². The molecule has 0 atom stereocenters. The molecule has 0 unspecified atom stereocenters. The van der Waals surface area contributed by atoms with Crippen LogP contribution in [0.3, 0.4) is 0 Å². The third-order valence-corrected chi connectivity index (χ3v) is 2.04. The van der Waals surface area contributed by atoms with Crippen molar-refractivity contribution in [2.75, 3.05) is 0 Å². The third kappa shape index (κ3) is 1.83. The molecule has 1 aromatic rings. The van der Waals surface area contributed by atoms with Gasteiger partial charge in [0, 0.05) is 11.6 Å². The average Bonchev–Trinajstić information content (AvgIpc) is 2.03. The maximum atomic E-state index is 9.46. The Labute approximate surface area is 78.2 Å². The number of hydrogen-bond acceptors (Lipinski definition) is 2. The van der Waals surface area contributed by atoms with Crippen LogP contribution < -0.4 is 0 Å². The van der Waals surface area contributed by atoms with Crippen molar-refractivity contribution in [3.8, 4) is 11.5 Å². The van der Waals surface area contributed by atoms with E-state index in [0.717, 1.165) is 17.6 Å². The molecule has 13 heavy (non-hydrogen) atoms. The number of phenolic OH excluding ortho intramolecular Hbond substituents is 2. The molecule has 2 N–H and O–H groups in total. The van der Waals surface area contributed by atoms with Crippen LogP contribution in [0.25, 0.3) is 5.57 Å². The van der Waals surface area contributed by atoms with Crippen molar-refractivity contribution in [3.63, 3.8) is 0 Å². The van der Waals surface area contributed by atoms with E-state index < -0.39 is 0 Å². The third-order valence-electron chi connectivity index (χ3n) is 2.04. The highest BCUT2D eigenvalue weighted by atomic mass is 16.3. The molecule has 0 fully saturated rings. The second-order valence-electron chi connectivity index (χ2n) is 3.13. The van der Waals surface area contributed by atoms with E-state index in [2.05, 4.69) is 6.58 Å². The van der Waals surface area contributed by atoms with E-state index in [4.69, 9.17) is 0 Å². The van der Waals surface area contributed by atoms with Crippen LogP contribution in [0.5, 0.6) is 11.5 Å². The van der Waals surface area contributed by atoms with E-state index in [9.17, 15) is 10.2 Å². The fraction of sp³-hybridized carbons (Fsp3) is 0.273. The molecule has 70 valence electrons.